The van der Waals surface area contributed by atoms with E-state index in [9.17, 15) is 5.11 Å². The van der Waals surface area contributed by atoms with Crippen LogP contribution < -0.4 is 0 Å². The Kier molecular flexibility index (Phi) is 4.71. The fourth-order valence-electron chi connectivity index (χ4n) is 3.93. The minimum absolute atomic E-state index is 0.251. The van der Waals surface area contributed by atoms with Crippen molar-refractivity contribution in [3.63, 3.8) is 0 Å². The number of hydrogen-bond acceptors (Lipinski definition) is 3. The predicted molar refractivity (Wildman–Crippen MR) is 102 cm³/mol. The van der Waals surface area contributed by atoms with E-state index in [1.54, 1.807) is 0 Å². The molecule has 3 nitrogen and oxygen atoms in total. The third kappa shape index (κ3) is 3.21. The van der Waals surface area contributed by atoms with Crippen molar-refractivity contribution in [1.82, 2.24) is 4.90 Å². The monoisotopic (exact) mass is 347 g/mol. The molecule has 24 heavy (non-hydrogen) atoms. The van der Waals surface area contributed by atoms with Crippen molar-refractivity contribution in [1.29, 1.82) is 0 Å². The largest absolute Gasteiger partial charge is 0.415 e. The molecule has 134 valence electrons. The Bertz CT molecular complexity index is 569. The second-order valence-electron chi connectivity index (χ2n) is 9.21. The molecule has 1 N–H and O–H groups in total. The number of hydrogen-bond donors (Lipinski definition) is 1. The highest BCUT2D eigenvalue weighted by Gasteiger charge is 2.50. The van der Waals surface area contributed by atoms with Crippen LogP contribution in [0, 0.1) is 5.92 Å². The van der Waals surface area contributed by atoms with Gasteiger partial charge in [-0.15, -0.1) is 0 Å². The molecule has 0 radical (unpaired) electrons. The Morgan fingerprint density at radius 1 is 1.25 bits per heavy atom. The van der Waals surface area contributed by atoms with E-state index < -0.39 is 13.9 Å². The summed E-state index contributed by atoms with van der Waals surface area (Å²) in [5.74, 6) is 0.345. The number of benzene rings is 1. The van der Waals surface area contributed by atoms with Gasteiger partial charge >= 0.3 is 0 Å². The highest BCUT2D eigenvalue weighted by atomic mass is 28.4. The minimum Gasteiger partial charge on any atom is -0.415 e. The van der Waals surface area contributed by atoms with Gasteiger partial charge in [0.1, 0.15) is 5.60 Å². The van der Waals surface area contributed by atoms with Gasteiger partial charge in [-0.2, -0.15) is 0 Å². The summed E-state index contributed by atoms with van der Waals surface area (Å²) in [5, 5.41) is 11.6. The first-order chi connectivity index (χ1) is 11.1. The van der Waals surface area contributed by atoms with Gasteiger partial charge in [-0.3, -0.25) is 4.90 Å². The van der Waals surface area contributed by atoms with Gasteiger partial charge in [0.25, 0.3) is 0 Å². The normalized spacial score (nSPS) is 33.7. The molecule has 3 aliphatic heterocycles. The topological polar surface area (TPSA) is 32.7 Å². The summed E-state index contributed by atoms with van der Waals surface area (Å²) in [7, 11) is -1.71. The molecule has 0 aliphatic carbocycles. The van der Waals surface area contributed by atoms with E-state index in [1.165, 1.54) is 0 Å². The lowest BCUT2D eigenvalue weighted by atomic mass is 9.69. The third-order valence-electron chi connectivity index (χ3n) is 6.67. The van der Waals surface area contributed by atoms with Crippen LogP contribution in [0.15, 0.2) is 30.3 Å². The molecule has 4 heteroatoms. The molecule has 1 unspecified atom stereocenters. The average Bonchev–Trinajstić information content (AvgIpc) is 2.53. The maximum Gasteiger partial charge on any atom is 0.192 e. The zero-order chi connectivity index (χ0) is 17.6. The Balaban J connectivity index is 1.68. The van der Waals surface area contributed by atoms with E-state index >= 15 is 0 Å². The molecule has 1 aromatic carbocycles. The molecule has 0 saturated carbocycles. The van der Waals surface area contributed by atoms with E-state index in [1.807, 2.05) is 18.2 Å². The summed E-state index contributed by atoms with van der Waals surface area (Å²) >= 11 is 0. The minimum atomic E-state index is -1.71. The number of nitrogens with zero attached hydrogens (tertiary/aromatic N) is 1. The molecule has 0 amide bonds. The summed E-state index contributed by atoms with van der Waals surface area (Å²) < 4.78 is 6.48. The van der Waals surface area contributed by atoms with Crippen molar-refractivity contribution in [3.05, 3.63) is 35.9 Å². The first kappa shape index (κ1) is 18.1. The number of rotatable bonds is 4. The van der Waals surface area contributed by atoms with Crippen molar-refractivity contribution >= 4 is 8.32 Å². The van der Waals surface area contributed by atoms with Crippen LogP contribution in [0.25, 0.3) is 0 Å². The van der Waals surface area contributed by atoms with Gasteiger partial charge in [0.15, 0.2) is 8.32 Å². The summed E-state index contributed by atoms with van der Waals surface area (Å²) in [4.78, 5) is 2.46. The lowest BCUT2D eigenvalue weighted by molar-refractivity contribution is -0.144. The molecule has 1 aromatic rings. The van der Waals surface area contributed by atoms with Crippen LogP contribution in [0.4, 0.5) is 0 Å². The van der Waals surface area contributed by atoms with Gasteiger partial charge < -0.3 is 9.53 Å². The Morgan fingerprint density at radius 2 is 1.92 bits per heavy atom. The molecule has 2 bridgehead atoms. The van der Waals surface area contributed by atoms with Gasteiger partial charge in [0.05, 0.1) is 0 Å². The van der Waals surface area contributed by atoms with E-state index in [0.717, 1.165) is 38.1 Å². The fourth-order valence-corrected chi connectivity index (χ4v) is 4.97. The molecule has 0 aromatic heterocycles. The molecule has 0 spiro atoms. The molecule has 3 saturated heterocycles. The summed E-state index contributed by atoms with van der Waals surface area (Å²) in [6.45, 7) is 14.2. The maximum atomic E-state index is 11.3. The van der Waals surface area contributed by atoms with E-state index in [2.05, 4.69) is 50.9 Å². The van der Waals surface area contributed by atoms with Crippen LogP contribution in [0.3, 0.4) is 0 Å². The van der Waals surface area contributed by atoms with Crippen molar-refractivity contribution in [2.75, 3.05) is 19.7 Å². The van der Waals surface area contributed by atoms with Gasteiger partial charge in [0.2, 0.25) is 0 Å². The van der Waals surface area contributed by atoms with Crippen LogP contribution in [0.5, 0.6) is 0 Å². The summed E-state index contributed by atoms with van der Waals surface area (Å²) in [6, 6.07) is 10.7. The molecule has 4 rings (SSSR count). The van der Waals surface area contributed by atoms with Crippen LogP contribution in [-0.2, 0) is 10.0 Å². The first-order valence-corrected chi connectivity index (χ1v) is 12.2. The molecular formula is C20H33NO2Si. The second kappa shape index (κ2) is 6.24. The predicted octanol–water partition coefficient (Wildman–Crippen LogP) is 3.99. The van der Waals surface area contributed by atoms with E-state index in [-0.39, 0.29) is 5.04 Å². The summed E-state index contributed by atoms with van der Waals surface area (Å²) in [5.41, 5.74) is 0.385. The van der Waals surface area contributed by atoms with Gasteiger partial charge in [-0.1, -0.05) is 51.1 Å². The third-order valence-corrected chi connectivity index (χ3v) is 11.2. The van der Waals surface area contributed by atoms with E-state index in [4.69, 9.17) is 4.43 Å². The quantitative estimate of drug-likeness (QED) is 0.836. The zero-order valence-electron chi connectivity index (χ0n) is 15.9. The maximum absolute atomic E-state index is 11.3. The average molecular weight is 348 g/mol. The Labute approximate surface area is 148 Å². The lowest BCUT2D eigenvalue weighted by Gasteiger charge is -2.55. The van der Waals surface area contributed by atoms with Crippen LogP contribution in [0.2, 0.25) is 18.1 Å². The molecule has 4 atom stereocenters. The van der Waals surface area contributed by atoms with Gasteiger partial charge in [-0.25, -0.2) is 0 Å². The second-order valence-corrected chi connectivity index (χ2v) is 14.0. The smallest absolute Gasteiger partial charge is 0.192 e. The zero-order valence-corrected chi connectivity index (χ0v) is 16.9. The highest BCUT2D eigenvalue weighted by Crippen LogP contribution is 2.45. The van der Waals surface area contributed by atoms with Gasteiger partial charge in [0, 0.05) is 19.2 Å². The molecule has 3 aliphatic rings. The van der Waals surface area contributed by atoms with Crippen molar-refractivity contribution in [3.8, 4) is 0 Å². The number of fused-ring (bicyclic) bond motifs is 3. The summed E-state index contributed by atoms with van der Waals surface area (Å²) in [6.07, 6.45) is 2.13. The van der Waals surface area contributed by atoms with Crippen molar-refractivity contribution < 1.29 is 9.53 Å². The van der Waals surface area contributed by atoms with Crippen molar-refractivity contribution in [2.24, 2.45) is 5.92 Å². The fraction of sp³-hybridized carbons (Fsp3) is 0.700. The van der Waals surface area contributed by atoms with Crippen LogP contribution in [-0.4, -0.2) is 44.1 Å². The number of piperidine rings is 3. The SMILES string of the molecule is CC(C)(C)[Si](C)(C)OC[C@H]1C[C@@H]2CCN1C[C@@]2(O)c1ccccc1. The highest BCUT2D eigenvalue weighted by molar-refractivity contribution is 6.74. The first-order valence-electron chi connectivity index (χ1n) is 9.29. The molecule has 3 fully saturated rings. The number of aliphatic hydroxyl groups is 1. The van der Waals surface area contributed by atoms with Crippen LogP contribution in [0.1, 0.15) is 39.2 Å². The molecular weight excluding hydrogens is 314 g/mol. The van der Waals surface area contributed by atoms with Crippen LogP contribution >= 0.6 is 0 Å². The van der Waals surface area contributed by atoms with Crippen molar-refractivity contribution in [2.45, 2.75) is 63.4 Å². The molecule has 3 heterocycles. The lowest BCUT2D eigenvalue weighted by Crippen LogP contribution is -2.62. The Morgan fingerprint density at radius 3 is 2.46 bits per heavy atom. The van der Waals surface area contributed by atoms with E-state index in [0.29, 0.717) is 12.0 Å². The van der Waals surface area contributed by atoms with Gasteiger partial charge in [-0.05, 0) is 49.0 Å². The standard InChI is InChI=1S/C20H33NO2Si/c1-19(2,3)24(4,5)23-14-18-13-17-11-12-21(18)15-20(17,22)16-9-7-6-8-10-16/h6-10,17-18,22H,11-15H2,1-5H3/t17-,18+,20+/m0/s1. The Hall–Kier alpha value is -0.683.